The van der Waals surface area contributed by atoms with E-state index in [4.69, 9.17) is 0 Å². The number of hydrogen-bond donors (Lipinski definition) is 1. The fourth-order valence-corrected chi connectivity index (χ4v) is 3.27. The summed E-state index contributed by atoms with van der Waals surface area (Å²) in [6, 6.07) is 0.356. The van der Waals surface area contributed by atoms with E-state index in [0.29, 0.717) is 18.4 Å². The normalized spacial score (nSPS) is 22.1. The van der Waals surface area contributed by atoms with Gasteiger partial charge in [0.1, 0.15) is 18.0 Å². The van der Waals surface area contributed by atoms with Crippen LogP contribution in [0.25, 0.3) is 0 Å². The van der Waals surface area contributed by atoms with E-state index in [2.05, 4.69) is 27.1 Å². The molecule has 1 aromatic rings. The van der Waals surface area contributed by atoms with Gasteiger partial charge in [0.15, 0.2) is 0 Å². The number of carbonyl (C=O) groups is 1. The van der Waals surface area contributed by atoms with Gasteiger partial charge in [0.05, 0.1) is 0 Å². The fraction of sp³-hybridized carbons (Fsp3) is 0.643. The van der Waals surface area contributed by atoms with Crippen molar-refractivity contribution in [2.24, 2.45) is 0 Å². The molecule has 108 valence electrons. The van der Waals surface area contributed by atoms with Gasteiger partial charge >= 0.3 is 0 Å². The summed E-state index contributed by atoms with van der Waals surface area (Å²) in [5.41, 5.74) is 1.16. The van der Waals surface area contributed by atoms with Gasteiger partial charge < -0.3 is 15.1 Å². The van der Waals surface area contributed by atoms with Crippen LogP contribution in [0.1, 0.15) is 25.3 Å². The molecule has 1 atom stereocenters. The molecule has 2 fully saturated rings. The largest absolute Gasteiger partial charge is 0.373 e. The van der Waals surface area contributed by atoms with Gasteiger partial charge in [-0.2, -0.15) is 0 Å². The van der Waals surface area contributed by atoms with Gasteiger partial charge in [0.2, 0.25) is 5.91 Å². The van der Waals surface area contributed by atoms with Crippen LogP contribution in [0.15, 0.2) is 6.33 Å². The second-order valence-corrected chi connectivity index (χ2v) is 5.35. The molecule has 0 radical (unpaired) electrons. The van der Waals surface area contributed by atoms with Crippen LogP contribution in [-0.4, -0.2) is 53.5 Å². The number of anilines is 2. The predicted octanol–water partition coefficient (Wildman–Crippen LogP) is 0.892. The van der Waals surface area contributed by atoms with E-state index in [-0.39, 0.29) is 0 Å². The highest BCUT2D eigenvalue weighted by Gasteiger charge is 2.36. The highest BCUT2D eigenvalue weighted by Crippen LogP contribution is 2.29. The number of piperazine rings is 1. The van der Waals surface area contributed by atoms with Crippen molar-refractivity contribution >= 4 is 17.5 Å². The highest BCUT2D eigenvalue weighted by atomic mass is 16.2. The third-order valence-electron chi connectivity index (χ3n) is 4.31. The first-order chi connectivity index (χ1) is 9.74. The maximum atomic E-state index is 11.7. The minimum absolute atomic E-state index is 0.309. The molecule has 0 aromatic carbocycles. The zero-order chi connectivity index (χ0) is 14.1. The van der Waals surface area contributed by atoms with Crippen LogP contribution in [0.3, 0.4) is 0 Å². The van der Waals surface area contributed by atoms with Crippen molar-refractivity contribution in [2.75, 3.05) is 36.9 Å². The van der Waals surface area contributed by atoms with Crippen molar-refractivity contribution in [3.8, 4) is 0 Å². The maximum absolute atomic E-state index is 11.7. The molecule has 0 spiro atoms. The van der Waals surface area contributed by atoms with Gasteiger partial charge in [0.25, 0.3) is 0 Å². The molecule has 6 nitrogen and oxygen atoms in total. The molecule has 3 heterocycles. The quantitative estimate of drug-likeness (QED) is 0.888. The number of fused-ring (bicyclic) bond motifs is 1. The maximum Gasteiger partial charge on any atom is 0.223 e. The van der Waals surface area contributed by atoms with E-state index in [1.54, 1.807) is 6.33 Å². The van der Waals surface area contributed by atoms with E-state index >= 15 is 0 Å². The summed E-state index contributed by atoms with van der Waals surface area (Å²) in [7, 11) is 1.89. The molecule has 1 amide bonds. The van der Waals surface area contributed by atoms with E-state index < -0.39 is 0 Å². The summed E-state index contributed by atoms with van der Waals surface area (Å²) >= 11 is 0. The number of hydrogen-bond acceptors (Lipinski definition) is 5. The predicted molar refractivity (Wildman–Crippen MR) is 77.9 cm³/mol. The van der Waals surface area contributed by atoms with Crippen LogP contribution in [0.4, 0.5) is 11.6 Å². The Kier molecular flexibility index (Phi) is 3.46. The van der Waals surface area contributed by atoms with Gasteiger partial charge in [-0.05, 0) is 12.8 Å². The third kappa shape index (κ3) is 2.09. The van der Waals surface area contributed by atoms with Gasteiger partial charge in [-0.25, -0.2) is 9.97 Å². The topological polar surface area (TPSA) is 61.4 Å². The van der Waals surface area contributed by atoms with Crippen molar-refractivity contribution in [3.63, 3.8) is 0 Å². The summed E-state index contributed by atoms with van der Waals surface area (Å²) in [4.78, 5) is 24.9. The van der Waals surface area contributed by atoms with Crippen LogP contribution in [-0.2, 0) is 11.2 Å². The Hall–Kier alpha value is -1.85. The molecule has 0 saturated carbocycles. The monoisotopic (exact) mass is 275 g/mol. The summed E-state index contributed by atoms with van der Waals surface area (Å²) in [6.07, 6.45) is 4.19. The molecule has 2 aliphatic rings. The molecule has 2 aliphatic heterocycles. The van der Waals surface area contributed by atoms with E-state index in [0.717, 1.165) is 49.7 Å². The summed E-state index contributed by atoms with van der Waals surface area (Å²) < 4.78 is 0. The lowest BCUT2D eigenvalue weighted by atomic mass is 10.1. The van der Waals surface area contributed by atoms with E-state index in [9.17, 15) is 4.79 Å². The minimum Gasteiger partial charge on any atom is -0.373 e. The fourth-order valence-electron chi connectivity index (χ4n) is 3.27. The number of nitrogens with one attached hydrogen (secondary N) is 1. The second kappa shape index (κ2) is 5.26. The summed E-state index contributed by atoms with van der Waals surface area (Å²) in [5.74, 6) is 2.23. The second-order valence-electron chi connectivity index (χ2n) is 5.35. The third-order valence-corrected chi connectivity index (χ3v) is 4.31. The molecule has 0 bridgehead atoms. The molecule has 2 saturated heterocycles. The van der Waals surface area contributed by atoms with Crippen LogP contribution < -0.4 is 10.2 Å². The first-order valence-corrected chi connectivity index (χ1v) is 7.30. The first kappa shape index (κ1) is 13.1. The zero-order valence-electron chi connectivity index (χ0n) is 12.1. The lowest BCUT2D eigenvalue weighted by Crippen LogP contribution is -2.52. The van der Waals surface area contributed by atoms with Crippen LogP contribution in [0, 0.1) is 0 Å². The van der Waals surface area contributed by atoms with Gasteiger partial charge in [0, 0.05) is 44.7 Å². The van der Waals surface area contributed by atoms with Gasteiger partial charge in [-0.15, -0.1) is 0 Å². The summed E-state index contributed by atoms with van der Waals surface area (Å²) in [5, 5.41) is 3.14. The van der Waals surface area contributed by atoms with Gasteiger partial charge in [-0.1, -0.05) is 6.92 Å². The molecule has 3 rings (SSSR count). The Balaban J connectivity index is 1.85. The molecule has 1 unspecified atom stereocenters. The first-order valence-electron chi connectivity index (χ1n) is 7.30. The Bertz CT molecular complexity index is 518. The lowest BCUT2D eigenvalue weighted by molar-refractivity contribution is -0.129. The Morgan fingerprint density at radius 1 is 1.40 bits per heavy atom. The van der Waals surface area contributed by atoms with Crippen molar-refractivity contribution in [1.29, 1.82) is 0 Å². The average Bonchev–Trinajstić information content (AvgIpc) is 2.87. The summed E-state index contributed by atoms with van der Waals surface area (Å²) in [6.45, 7) is 4.68. The Morgan fingerprint density at radius 2 is 2.25 bits per heavy atom. The van der Waals surface area contributed by atoms with Crippen molar-refractivity contribution in [1.82, 2.24) is 14.9 Å². The highest BCUT2D eigenvalue weighted by molar-refractivity contribution is 5.79. The Labute approximate surface area is 119 Å². The van der Waals surface area contributed by atoms with Crippen molar-refractivity contribution in [3.05, 3.63) is 11.9 Å². The van der Waals surface area contributed by atoms with Crippen LogP contribution in [0.5, 0.6) is 0 Å². The van der Waals surface area contributed by atoms with E-state index in [1.165, 1.54) is 0 Å². The Morgan fingerprint density at radius 3 is 3.00 bits per heavy atom. The number of nitrogens with zero attached hydrogens (tertiary/aromatic N) is 4. The number of rotatable bonds is 3. The van der Waals surface area contributed by atoms with Crippen LogP contribution >= 0.6 is 0 Å². The molecule has 1 N–H and O–H groups in total. The van der Waals surface area contributed by atoms with Crippen LogP contribution in [0.2, 0.25) is 0 Å². The molecular weight excluding hydrogens is 254 g/mol. The standard InChI is InChI=1S/C14H21N5O/c1-3-11-13(15-2)16-9-17-14(11)18-6-7-19-10(8-18)4-5-12(19)20/h9-10H,3-8H2,1-2H3,(H,15,16,17). The molecule has 0 aliphatic carbocycles. The van der Waals surface area contributed by atoms with Crippen molar-refractivity contribution < 1.29 is 4.79 Å². The molecule has 20 heavy (non-hydrogen) atoms. The van der Waals surface area contributed by atoms with E-state index in [1.807, 2.05) is 11.9 Å². The number of aromatic nitrogens is 2. The minimum atomic E-state index is 0.309. The number of amides is 1. The smallest absolute Gasteiger partial charge is 0.223 e. The van der Waals surface area contributed by atoms with Crippen molar-refractivity contribution in [2.45, 2.75) is 32.2 Å². The number of carbonyl (C=O) groups excluding carboxylic acids is 1. The molecule has 6 heteroatoms. The lowest BCUT2D eigenvalue weighted by Gasteiger charge is -2.38. The average molecular weight is 275 g/mol. The zero-order valence-corrected chi connectivity index (χ0v) is 12.1. The molecular formula is C14H21N5O. The molecule has 1 aromatic heterocycles. The SMILES string of the molecule is CCc1c(NC)ncnc1N1CCN2C(=O)CCC2C1. The van der Waals surface area contributed by atoms with Gasteiger partial charge in [-0.3, -0.25) is 4.79 Å².